The SMILES string of the molecule is CC(C)CCC1(CCC(C)C)c2ccccc2Oc2c1cccc2[Si](c1ccccc1)(c1ccccc1)c1cccc(-n2c3ccccc3n3c4ccccc4nc23)c1. The number of rotatable bonds is 11. The first-order valence-corrected chi connectivity index (χ1v) is 23.4. The van der Waals surface area contributed by atoms with Gasteiger partial charge in [0.2, 0.25) is 5.78 Å². The molecule has 0 saturated heterocycles. The molecule has 9 aromatic rings. The molecule has 1 aliphatic rings. The van der Waals surface area contributed by atoms with E-state index in [0.717, 1.165) is 70.7 Å². The van der Waals surface area contributed by atoms with E-state index in [2.05, 4.69) is 213 Å². The second-order valence-corrected chi connectivity index (χ2v) is 21.1. The van der Waals surface area contributed by atoms with E-state index in [4.69, 9.17) is 9.72 Å². The lowest BCUT2D eigenvalue weighted by molar-refractivity contribution is 0.318. The van der Waals surface area contributed by atoms with Crippen molar-refractivity contribution >= 4 is 56.7 Å². The van der Waals surface area contributed by atoms with Crippen LogP contribution in [0.4, 0.5) is 0 Å². The maximum Gasteiger partial charge on any atom is 0.220 e. The van der Waals surface area contributed by atoms with Gasteiger partial charge in [-0.1, -0.05) is 161 Å². The summed E-state index contributed by atoms with van der Waals surface area (Å²) in [5.41, 5.74) is 7.93. The van der Waals surface area contributed by atoms with Gasteiger partial charge in [-0.3, -0.25) is 8.97 Å². The number of aromatic nitrogens is 3. The lowest BCUT2D eigenvalue weighted by Gasteiger charge is -2.44. The fraction of sp³-hybridized carbons (Fsp3) is 0.204. The van der Waals surface area contributed by atoms with Crippen molar-refractivity contribution in [2.45, 2.75) is 58.8 Å². The monoisotopic (exact) mass is 785 g/mol. The van der Waals surface area contributed by atoms with Crippen LogP contribution in [0, 0.1) is 11.8 Å². The van der Waals surface area contributed by atoms with Gasteiger partial charge in [-0.15, -0.1) is 0 Å². The molecule has 59 heavy (non-hydrogen) atoms. The van der Waals surface area contributed by atoms with Gasteiger partial charge in [0.15, 0.2) is 8.07 Å². The van der Waals surface area contributed by atoms with Gasteiger partial charge < -0.3 is 4.74 Å². The second kappa shape index (κ2) is 14.9. The van der Waals surface area contributed by atoms with Crippen LogP contribution in [0.2, 0.25) is 0 Å². The molecule has 0 spiro atoms. The van der Waals surface area contributed by atoms with Crippen LogP contribution in [0.25, 0.3) is 33.5 Å². The van der Waals surface area contributed by atoms with E-state index in [1.807, 2.05) is 0 Å². The first kappa shape index (κ1) is 37.1. The van der Waals surface area contributed by atoms with Gasteiger partial charge in [-0.05, 0) is 101 Å². The van der Waals surface area contributed by atoms with E-state index < -0.39 is 8.07 Å². The van der Waals surface area contributed by atoms with Gasteiger partial charge >= 0.3 is 0 Å². The highest BCUT2D eigenvalue weighted by Crippen LogP contribution is 2.53. The molecular formula is C54H51N3OSi. The van der Waals surface area contributed by atoms with Gasteiger partial charge in [0.05, 0.1) is 22.1 Å². The van der Waals surface area contributed by atoms with E-state index >= 15 is 0 Å². The van der Waals surface area contributed by atoms with E-state index in [1.165, 1.54) is 31.9 Å². The minimum absolute atomic E-state index is 0.178. The minimum Gasteiger partial charge on any atom is -0.457 e. The smallest absolute Gasteiger partial charge is 0.220 e. The predicted octanol–water partition coefficient (Wildman–Crippen LogP) is 11.1. The third-order valence-electron chi connectivity index (χ3n) is 12.9. The van der Waals surface area contributed by atoms with Crippen LogP contribution >= 0.6 is 0 Å². The topological polar surface area (TPSA) is 31.5 Å². The van der Waals surface area contributed by atoms with Gasteiger partial charge in [0.25, 0.3) is 0 Å². The lowest BCUT2D eigenvalue weighted by Crippen LogP contribution is -2.75. The molecule has 7 aromatic carbocycles. The first-order chi connectivity index (χ1) is 28.9. The van der Waals surface area contributed by atoms with Crippen molar-refractivity contribution in [3.8, 4) is 17.2 Å². The zero-order valence-corrected chi connectivity index (χ0v) is 35.5. The number of hydrogen-bond acceptors (Lipinski definition) is 2. The van der Waals surface area contributed by atoms with Crippen LogP contribution in [0.15, 0.2) is 176 Å². The molecule has 1 aliphatic heterocycles. The average molecular weight is 786 g/mol. The van der Waals surface area contributed by atoms with Gasteiger partial charge in [-0.25, -0.2) is 4.98 Å². The van der Waals surface area contributed by atoms with Gasteiger partial charge in [0, 0.05) is 22.2 Å². The fourth-order valence-corrected chi connectivity index (χ4v) is 15.0. The first-order valence-electron chi connectivity index (χ1n) is 21.4. The molecule has 0 unspecified atom stereocenters. The Labute approximate surface area is 348 Å². The van der Waals surface area contributed by atoms with Gasteiger partial charge in [0.1, 0.15) is 11.5 Å². The molecule has 5 heteroatoms. The van der Waals surface area contributed by atoms with Gasteiger partial charge in [-0.2, -0.15) is 0 Å². The summed E-state index contributed by atoms with van der Waals surface area (Å²) >= 11 is 0. The molecule has 292 valence electrons. The largest absolute Gasteiger partial charge is 0.457 e. The van der Waals surface area contributed by atoms with E-state index in [-0.39, 0.29) is 5.41 Å². The van der Waals surface area contributed by atoms with E-state index in [9.17, 15) is 0 Å². The summed E-state index contributed by atoms with van der Waals surface area (Å²) in [5.74, 6) is 4.11. The summed E-state index contributed by atoms with van der Waals surface area (Å²) in [6.07, 6.45) is 4.43. The Hall–Kier alpha value is -6.17. The Morgan fingerprint density at radius 2 is 1.10 bits per heavy atom. The molecule has 0 amide bonds. The highest BCUT2D eigenvalue weighted by Gasteiger charge is 2.49. The number of hydrogen-bond donors (Lipinski definition) is 0. The molecule has 0 atom stereocenters. The van der Waals surface area contributed by atoms with Crippen LogP contribution in [-0.2, 0) is 5.41 Å². The molecule has 4 nitrogen and oxygen atoms in total. The summed E-state index contributed by atoms with van der Waals surface area (Å²) in [5, 5.41) is 5.23. The molecule has 3 heterocycles. The number of benzene rings is 7. The fourth-order valence-electron chi connectivity index (χ4n) is 10.1. The molecule has 0 N–H and O–H groups in total. The van der Waals surface area contributed by atoms with E-state index in [0.29, 0.717) is 11.8 Å². The number of fused-ring (bicyclic) bond motifs is 7. The standard InChI is InChI=1S/C54H51N3OSi/c1-38(2)33-35-54(36-34-39(3)4)44-25-11-16-31-50(44)58-52-45(54)26-18-32-51(52)59(41-20-7-5-8-21-41,42-22-9-6-10-23-42)43-24-17-19-40(37-43)56-48-29-14-15-30-49(48)57-47-28-13-12-27-46(47)55-53(56)57/h5-32,37-39H,33-36H2,1-4H3. The zero-order chi connectivity index (χ0) is 40.1. The maximum atomic E-state index is 7.42. The van der Waals surface area contributed by atoms with Crippen molar-refractivity contribution in [2.75, 3.05) is 0 Å². The highest BCUT2D eigenvalue weighted by atomic mass is 28.3. The molecule has 0 saturated carbocycles. The van der Waals surface area contributed by atoms with Crippen molar-refractivity contribution in [2.24, 2.45) is 11.8 Å². The van der Waals surface area contributed by atoms with Crippen molar-refractivity contribution in [1.29, 1.82) is 0 Å². The number of ether oxygens (including phenoxy) is 1. The number of imidazole rings is 2. The molecular weight excluding hydrogens is 735 g/mol. The molecule has 0 radical (unpaired) electrons. The predicted molar refractivity (Wildman–Crippen MR) is 249 cm³/mol. The Kier molecular flexibility index (Phi) is 9.37. The highest BCUT2D eigenvalue weighted by molar-refractivity contribution is 7.20. The van der Waals surface area contributed by atoms with Crippen molar-refractivity contribution < 1.29 is 4.74 Å². The van der Waals surface area contributed by atoms with Crippen molar-refractivity contribution in [3.63, 3.8) is 0 Å². The Bertz CT molecular complexity index is 2890. The lowest BCUT2D eigenvalue weighted by atomic mass is 9.65. The summed E-state index contributed by atoms with van der Waals surface area (Å²) in [6, 6.07) is 65.1. The van der Waals surface area contributed by atoms with Crippen LogP contribution in [-0.4, -0.2) is 22.0 Å². The Balaban J connectivity index is 1.29. The minimum atomic E-state index is -3.13. The van der Waals surface area contributed by atoms with Crippen LogP contribution in [0.3, 0.4) is 0 Å². The third-order valence-corrected chi connectivity index (χ3v) is 17.7. The van der Waals surface area contributed by atoms with Crippen molar-refractivity contribution in [3.05, 3.63) is 187 Å². The van der Waals surface area contributed by atoms with Crippen molar-refractivity contribution in [1.82, 2.24) is 14.0 Å². The summed E-state index contributed by atoms with van der Waals surface area (Å²) < 4.78 is 12.1. The number of nitrogens with zero attached hydrogens (tertiary/aromatic N) is 3. The maximum absolute atomic E-state index is 7.42. The van der Waals surface area contributed by atoms with Crippen LogP contribution in [0.1, 0.15) is 64.5 Å². The van der Waals surface area contributed by atoms with E-state index in [1.54, 1.807) is 0 Å². The van der Waals surface area contributed by atoms with Crippen LogP contribution in [0.5, 0.6) is 11.5 Å². The molecule has 0 bridgehead atoms. The Morgan fingerprint density at radius 3 is 1.80 bits per heavy atom. The number of para-hydroxylation sites is 6. The summed E-state index contributed by atoms with van der Waals surface area (Å²) in [6.45, 7) is 9.45. The third kappa shape index (κ3) is 5.97. The molecule has 0 aliphatic carbocycles. The quantitative estimate of drug-likeness (QED) is 0.0966. The average Bonchev–Trinajstić information content (AvgIpc) is 3.81. The van der Waals surface area contributed by atoms with Crippen LogP contribution < -0.4 is 25.5 Å². The molecule has 2 aromatic heterocycles. The second-order valence-electron chi connectivity index (χ2n) is 17.3. The summed E-state index contributed by atoms with van der Waals surface area (Å²) in [4.78, 5) is 5.27. The Morgan fingerprint density at radius 1 is 0.542 bits per heavy atom. The summed E-state index contributed by atoms with van der Waals surface area (Å²) in [7, 11) is -3.13. The normalized spacial score (nSPS) is 13.6. The molecule has 0 fully saturated rings. The molecule has 10 rings (SSSR count). The zero-order valence-electron chi connectivity index (χ0n) is 34.5.